The van der Waals surface area contributed by atoms with Crippen LogP contribution in [0.5, 0.6) is 0 Å². The van der Waals surface area contributed by atoms with Crippen LogP contribution in [0.4, 0.5) is 0 Å². The van der Waals surface area contributed by atoms with Crippen LogP contribution in [-0.2, 0) is 0 Å². The highest BCUT2D eigenvalue weighted by Gasteiger charge is 2.17. The minimum Gasteiger partial charge on any atom is -0.464 e. The lowest BCUT2D eigenvalue weighted by atomic mass is 10.0. The summed E-state index contributed by atoms with van der Waals surface area (Å²) in [5.41, 5.74) is 1.09. The third-order valence-electron chi connectivity index (χ3n) is 2.67. The molecular weight excluding hydrogens is 314 g/mol. The van der Waals surface area contributed by atoms with Crippen LogP contribution in [0.1, 0.15) is 30.0 Å². The third-order valence-corrected chi connectivity index (χ3v) is 3.35. The van der Waals surface area contributed by atoms with Crippen molar-refractivity contribution in [1.29, 1.82) is 0 Å². The second-order valence-electron chi connectivity index (χ2n) is 4.14. The van der Waals surface area contributed by atoms with Gasteiger partial charge in [0.2, 0.25) is 0 Å². The molecule has 0 radical (unpaired) electrons. The topological polar surface area (TPSA) is 25.2 Å². The van der Waals surface area contributed by atoms with Crippen molar-refractivity contribution >= 4 is 27.5 Å². The first kappa shape index (κ1) is 13.7. The molecule has 1 aromatic heterocycles. The molecule has 1 heterocycles. The van der Waals surface area contributed by atoms with E-state index in [-0.39, 0.29) is 6.04 Å². The molecule has 4 heteroatoms. The minimum atomic E-state index is 0.0266. The first-order valence-electron chi connectivity index (χ1n) is 5.86. The van der Waals surface area contributed by atoms with E-state index >= 15 is 0 Å². The molecular formula is C14H15BrClNO. The molecule has 0 spiro atoms. The van der Waals surface area contributed by atoms with Gasteiger partial charge in [-0.15, -0.1) is 0 Å². The summed E-state index contributed by atoms with van der Waals surface area (Å²) in [5.74, 6) is 1.82. The van der Waals surface area contributed by atoms with Crippen molar-refractivity contribution in [2.75, 3.05) is 6.54 Å². The van der Waals surface area contributed by atoms with Gasteiger partial charge in [-0.1, -0.05) is 34.5 Å². The van der Waals surface area contributed by atoms with E-state index in [1.54, 1.807) is 0 Å². The lowest BCUT2D eigenvalue weighted by Crippen LogP contribution is -2.21. The summed E-state index contributed by atoms with van der Waals surface area (Å²) >= 11 is 9.57. The number of rotatable bonds is 4. The van der Waals surface area contributed by atoms with Crippen LogP contribution < -0.4 is 5.32 Å². The predicted octanol–water partition coefficient (Wildman–Crippen LogP) is 4.70. The van der Waals surface area contributed by atoms with Gasteiger partial charge in [-0.3, -0.25) is 0 Å². The van der Waals surface area contributed by atoms with E-state index in [2.05, 4.69) is 34.2 Å². The number of aryl methyl sites for hydroxylation is 1. The van der Waals surface area contributed by atoms with Gasteiger partial charge in [-0.05, 0) is 49.4 Å². The van der Waals surface area contributed by atoms with Crippen molar-refractivity contribution in [3.05, 3.63) is 56.9 Å². The van der Waals surface area contributed by atoms with Crippen LogP contribution in [0.15, 0.2) is 39.2 Å². The molecule has 0 amide bonds. The van der Waals surface area contributed by atoms with E-state index in [0.29, 0.717) is 5.02 Å². The Hall–Kier alpha value is -0.770. The Morgan fingerprint density at radius 2 is 2.11 bits per heavy atom. The lowest BCUT2D eigenvalue weighted by molar-refractivity contribution is 0.435. The van der Waals surface area contributed by atoms with Gasteiger partial charge in [0.05, 0.1) is 6.04 Å². The minimum absolute atomic E-state index is 0.0266. The van der Waals surface area contributed by atoms with Crippen LogP contribution in [0.3, 0.4) is 0 Å². The predicted molar refractivity (Wildman–Crippen MR) is 78.1 cm³/mol. The molecule has 0 saturated heterocycles. The fourth-order valence-corrected chi connectivity index (χ4v) is 2.82. The molecule has 2 aromatic rings. The Bertz CT molecular complexity index is 518. The van der Waals surface area contributed by atoms with Gasteiger partial charge in [-0.25, -0.2) is 0 Å². The van der Waals surface area contributed by atoms with Gasteiger partial charge in [-0.2, -0.15) is 0 Å². The Morgan fingerprint density at radius 1 is 1.33 bits per heavy atom. The number of hydrogen-bond donors (Lipinski definition) is 1. The summed E-state index contributed by atoms with van der Waals surface area (Å²) in [6.07, 6.45) is 0. The average molecular weight is 329 g/mol. The zero-order chi connectivity index (χ0) is 13.1. The van der Waals surface area contributed by atoms with Gasteiger partial charge in [0.15, 0.2) is 0 Å². The molecule has 0 aliphatic heterocycles. The first-order chi connectivity index (χ1) is 8.60. The van der Waals surface area contributed by atoms with Crippen LogP contribution in [-0.4, -0.2) is 6.54 Å². The molecule has 0 fully saturated rings. The lowest BCUT2D eigenvalue weighted by Gasteiger charge is -2.16. The molecule has 1 N–H and O–H groups in total. The highest BCUT2D eigenvalue weighted by molar-refractivity contribution is 9.10. The van der Waals surface area contributed by atoms with Crippen LogP contribution in [0.2, 0.25) is 5.02 Å². The Balaban J connectivity index is 2.40. The summed E-state index contributed by atoms with van der Waals surface area (Å²) in [4.78, 5) is 0. The molecule has 96 valence electrons. The van der Waals surface area contributed by atoms with Crippen molar-refractivity contribution in [3.63, 3.8) is 0 Å². The fourth-order valence-electron chi connectivity index (χ4n) is 1.94. The molecule has 2 nitrogen and oxygen atoms in total. The van der Waals surface area contributed by atoms with Crippen LogP contribution >= 0.6 is 27.5 Å². The zero-order valence-electron chi connectivity index (χ0n) is 10.3. The van der Waals surface area contributed by atoms with Gasteiger partial charge in [0.1, 0.15) is 11.5 Å². The van der Waals surface area contributed by atoms with Gasteiger partial charge in [0.25, 0.3) is 0 Å². The molecule has 0 saturated carbocycles. The van der Waals surface area contributed by atoms with Crippen molar-refractivity contribution in [1.82, 2.24) is 5.32 Å². The maximum atomic E-state index is 6.10. The number of halogens is 2. The van der Waals surface area contributed by atoms with Crippen molar-refractivity contribution in [3.8, 4) is 0 Å². The molecule has 0 aliphatic rings. The smallest absolute Gasteiger partial charge is 0.125 e. The van der Waals surface area contributed by atoms with E-state index < -0.39 is 0 Å². The third kappa shape index (κ3) is 3.16. The SMILES string of the molecule is CCNC(c1cc(Cl)cc(Br)c1)c1ccc(C)o1. The normalized spacial score (nSPS) is 12.7. The number of nitrogens with one attached hydrogen (secondary N) is 1. The summed E-state index contributed by atoms with van der Waals surface area (Å²) in [6, 6.07) is 9.88. The number of hydrogen-bond acceptors (Lipinski definition) is 2. The summed E-state index contributed by atoms with van der Waals surface area (Å²) in [5, 5.41) is 4.12. The molecule has 1 aromatic carbocycles. The Kier molecular flexibility index (Phi) is 4.49. The second kappa shape index (κ2) is 5.91. The maximum absolute atomic E-state index is 6.10. The van der Waals surface area contributed by atoms with Crippen molar-refractivity contribution in [2.24, 2.45) is 0 Å². The molecule has 0 bridgehead atoms. The molecule has 1 atom stereocenters. The zero-order valence-corrected chi connectivity index (χ0v) is 12.7. The standard InChI is InChI=1S/C14H15BrClNO/c1-3-17-14(13-5-4-9(2)18-13)10-6-11(15)8-12(16)7-10/h4-8,14,17H,3H2,1-2H3. The average Bonchev–Trinajstić information content (AvgIpc) is 2.71. The van der Waals surface area contributed by atoms with E-state index in [4.69, 9.17) is 16.0 Å². The van der Waals surface area contributed by atoms with Crippen molar-refractivity contribution < 1.29 is 4.42 Å². The highest BCUT2D eigenvalue weighted by Crippen LogP contribution is 2.28. The molecule has 18 heavy (non-hydrogen) atoms. The van der Waals surface area contributed by atoms with E-state index in [0.717, 1.165) is 28.1 Å². The summed E-state index contributed by atoms with van der Waals surface area (Å²) in [7, 11) is 0. The summed E-state index contributed by atoms with van der Waals surface area (Å²) in [6.45, 7) is 4.87. The van der Waals surface area contributed by atoms with E-state index in [9.17, 15) is 0 Å². The maximum Gasteiger partial charge on any atom is 0.125 e. The number of benzene rings is 1. The van der Waals surface area contributed by atoms with Gasteiger partial charge in [0, 0.05) is 9.50 Å². The molecule has 2 rings (SSSR count). The molecule has 0 aliphatic carbocycles. The summed E-state index contributed by atoms with van der Waals surface area (Å²) < 4.78 is 6.68. The Morgan fingerprint density at radius 3 is 2.67 bits per heavy atom. The van der Waals surface area contributed by atoms with Gasteiger partial charge < -0.3 is 9.73 Å². The van der Waals surface area contributed by atoms with E-state index in [1.165, 1.54) is 0 Å². The molecule has 1 unspecified atom stereocenters. The quantitative estimate of drug-likeness (QED) is 0.880. The van der Waals surface area contributed by atoms with Crippen LogP contribution in [0, 0.1) is 6.92 Å². The highest BCUT2D eigenvalue weighted by atomic mass is 79.9. The van der Waals surface area contributed by atoms with Crippen molar-refractivity contribution in [2.45, 2.75) is 19.9 Å². The Labute approximate surface area is 120 Å². The van der Waals surface area contributed by atoms with E-state index in [1.807, 2.05) is 31.2 Å². The first-order valence-corrected chi connectivity index (χ1v) is 7.03. The number of furan rings is 1. The fraction of sp³-hybridized carbons (Fsp3) is 0.286. The van der Waals surface area contributed by atoms with Gasteiger partial charge >= 0.3 is 0 Å². The second-order valence-corrected chi connectivity index (χ2v) is 5.49. The van der Waals surface area contributed by atoms with Crippen LogP contribution in [0.25, 0.3) is 0 Å². The largest absolute Gasteiger partial charge is 0.464 e. The monoisotopic (exact) mass is 327 g/mol.